The number of carbonyl (C=O) groups excluding carboxylic acids is 4. The standard InChI is InChI=1S/C34H40F3N5O5/c1-2-29(43)39-28(32(45)42-14-16-47-17-15-42)20-22-12-13-27(26(35)19-22)40-31(44)30(24-9-5-3-4-6-10-24)41-33(46)34(36,37)25-11-7-8-23(18-25)21-38/h7-8,11-13,18-19,24,28,30H,2-6,9-10,14-17,20H2,1H3,(H,39,43)(H,40,44)(H,41,46)/t28-,30+/m1/s1. The van der Waals surface area contributed by atoms with Gasteiger partial charge in [0.15, 0.2) is 0 Å². The van der Waals surface area contributed by atoms with Gasteiger partial charge in [0.1, 0.15) is 17.9 Å². The van der Waals surface area contributed by atoms with Crippen molar-refractivity contribution in [3.05, 3.63) is 65.0 Å². The lowest BCUT2D eigenvalue weighted by Crippen LogP contribution is -2.52. The van der Waals surface area contributed by atoms with Gasteiger partial charge in [-0.05, 0) is 48.6 Å². The number of ether oxygens (including phenoxy) is 1. The van der Waals surface area contributed by atoms with E-state index >= 15 is 13.2 Å². The number of amides is 4. The van der Waals surface area contributed by atoms with E-state index in [1.165, 1.54) is 24.3 Å². The Morgan fingerprint density at radius 2 is 1.72 bits per heavy atom. The van der Waals surface area contributed by atoms with Crippen LogP contribution in [0.2, 0.25) is 0 Å². The summed E-state index contributed by atoms with van der Waals surface area (Å²) in [6.07, 6.45) is 4.47. The molecule has 2 aromatic rings. The second-order valence-corrected chi connectivity index (χ2v) is 11.9. The van der Waals surface area contributed by atoms with Crippen LogP contribution in [0.4, 0.5) is 18.9 Å². The van der Waals surface area contributed by atoms with E-state index in [9.17, 15) is 19.2 Å². The van der Waals surface area contributed by atoms with Gasteiger partial charge in [-0.3, -0.25) is 19.2 Å². The van der Waals surface area contributed by atoms with Gasteiger partial charge < -0.3 is 25.6 Å². The summed E-state index contributed by atoms with van der Waals surface area (Å²) >= 11 is 0. The first-order valence-corrected chi connectivity index (χ1v) is 16.0. The van der Waals surface area contributed by atoms with Gasteiger partial charge in [0.05, 0.1) is 30.5 Å². The lowest BCUT2D eigenvalue weighted by atomic mass is 9.90. The maximum Gasteiger partial charge on any atom is 0.349 e. The highest BCUT2D eigenvalue weighted by Crippen LogP contribution is 2.31. The van der Waals surface area contributed by atoms with Crippen LogP contribution in [-0.4, -0.2) is 66.9 Å². The minimum atomic E-state index is -4.04. The number of hydrogen-bond donors (Lipinski definition) is 3. The van der Waals surface area contributed by atoms with Crippen LogP contribution < -0.4 is 16.0 Å². The number of anilines is 1. The number of nitriles is 1. The topological polar surface area (TPSA) is 141 Å². The third-order valence-corrected chi connectivity index (χ3v) is 8.59. The number of hydrogen-bond acceptors (Lipinski definition) is 6. The van der Waals surface area contributed by atoms with Crippen molar-refractivity contribution in [1.29, 1.82) is 5.26 Å². The molecule has 2 atom stereocenters. The van der Waals surface area contributed by atoms with Crippen molar-refractivity contribution in [1.82, 2.24) is 15.5 Å². The average molecular weight is 656 g/mol. The van der Waals surface area contributed by atoms with Gasteiger partial charge in [0, 0.05) is 31.5 Å². The van der Waals surface area contributed by atoms with Crippen molar-refractivity contribution in [3.63, 3.8) is 0 Å². The highest BCUT2D eigenvalue weighted by Gasteiger charge is 2.44. The number of alkyl halides is 2. The van der Waals surface area contributed by atoms with Crippen molar-refractivity contribution in [2.24, 2.45) is 5.92 Å². The molecular weight excluding hydrogens is 615 g/mol. The van der Waals surface area contributed by atoms with E-state index < -0.39 is 47.1 Å². The van der Waals surface area contributed by atoms with Crippen LogP contribution in [0.15, 0.2) is 42.5 Å². The molecule has 4 rings (SSSR count). The molecule has 1 saturated heterocycles. The van der Waals surface area contributed by atoms with E-state index in [0.717, 1.165) is 43.9 Å². The Labute approximate surface area is 272 Å². The molecule has 47 heavy (non-hydrogen) atoms. The molecule has 2 fully saturated rings. The van der Waals surface area contributed by atoms with Crippen LogP contribution in [0.5, 0.6) is 0 Å². The molecule has 0 spiro atoms. The number of carbonyl (C=O) groups is 4. The van der Waals surface area contributed by atoms with E-state index in [1.54, 1.807) is 17.9 Å². The van der Waals surface area contributed by atoms with E-state index in [4.69, 9.17) is 10.00 Å². The average Bonchev–Trinajstić information content (AvgIpc) is 3.37. The Morgan fingerprint density at radius 3 is 2.36 bits per heavy atom. The van der Waals surface area contributed by atoms with Crippen molar-refractivity contribution in [2.45, 2.75) is 76.3 Å². The normalized spacial score (nSPS) is 17.0. The summed E-state index contributed by atoms with van der Waals surface area (Å²) in [4.78, 5) is 53.5. The summed E-state index contributed by atoms with van der Waals surface area (Å²) in [6.45, 7) is 3.14. The van der Waals surface area contributed by atoms with E-state index in [2.05, 4.69) is 16.0 Å². The number of nitrogens with one attached hydrogen (secondary N) is 3. The monoisotopic (exact) mass is 655 g/mol. The quantitative estimate of drug-likeness (QED) is 0.311. The van der Waals surface area contributed by atoms with E-state index in [0.29, 0.717) is 44.7 Å². The molecule has 0 unspecified atom stereocenters. The molecule has 0 radical (unpaired) electrons. The highest BCUT2D eigenvalue weighted by molar-refractivity contribution is 5.98. The number of nitrogens with zero attached hydrogens (tertiary/aromatic N) is 2. The fourth-order valence-electron chi connectivity index (χ4n) is 5.92. The number of halogens is 3. The first-order valence-electron chi connectivity index (χ1n) is 16.0. The third kappa shape index (κ3) is 9.32. The minimum Gasteiger partial charge on any atom is -0.378 e. The fourth-order valence-corrected chi connectivity index (χ4v) is 5.92. The molecule has 2 aliphatic rings. The van der Waals surface area contributed by atoms with Gasteiger partial charge in [-0.25, -0.2) is 4.39 Å². The first-order chi connectivity index (χ1) is 22.5. The maximum atomic E-state index is 15.4. The van der Waals surface area contributed by atoms with Crippen LogP contribution in [0.1, 0.15) is 68.6 Å². The number of benzene rings is 2. The van der Waals surface area contributed by atoms with Crippen LogP contribution in [0.25, 0.3) is 0 Å². The van der Waals surface area contributed by atoms with Crippen LogP contribution in [0, 0.1) is 23.1 Å². The zero-order valence-electron chi connectivity index (χ0n) is 26.3. The molecule has 2 aromatic carbocycles. The molecule has 1 saturated carbocycles. The van der Waals surface area contributed by atoms with Crippen molar-refractivity contribution in [3.8, 4) is 6.07 Å². The third-order valence-electron chi connectivity index (χ3n) is 8.59. The van der Waals surface area contributed by atoms with Gasteiger partial charge in [-0.2, -0.15) is 14.0 Å². The maximum absolute atomic E-state index is 15.4. The molecular formula is C34H40F3N5O5. The van der Waals surface area contributed by atoms with Crippen LogP contribution in [0.3, 0.4) is 0 Å². The van der Waals surface area contributed by atoms with Crippen LogP contribution >= 0.6 is 0 Å². The Balaban J connectivity index is 1.52. The summed E-state index contributed by atoms with van der Waals surface area (Å²) in [5.41, 5.74) is -0.571. The summed E-state index contributed by atoms with van der Waals surface area (Å²) in [6, 6.07) is 7.94. The fraction of sp³-hybridized carbons (Fsp3) is 0.500. The zero-order valence-corrected chi connectivity index (χ0v) is 26.3. The highest BCUT2D eigenvalue weighted by atomic mass is 19.3. The molecule has 1 aliphatic carbocycles. The Hall–Kier alpha value is -4.44. The molecule has 1 aliphatic heterocycles. The first kappa shape index (κ1) is 35.4. The molecule has 10 nitrogen and oxygen atoms in total. The Morgan fingerprint density at radius 1 is 1.02 bits per heavy atom. The SMILES string of the molecule is CCC(=O)N[C@H](Cc1ccc(NC(=O)[C@@H](NC(=O)C(F)(F)c2cccc(C#N)c2)C2CCCCCC2)c(F)c1)C(=O)N1CCOCC1. The molecule has 4 amide bonds. The van der Waals surface area contributed by atoms with Gasteiger partial charge in [-0.15, -0.1) is 0 Å². The summed E-state index contributed by atoms with van der Waals surface area (Å²) in [7, 11) is 0. The van der Waals surface area contributed by atoms with Crippen molar-refractivity contribution < 1.29 is 37.1 Å². The summed E-state index contributed by atoms with van der Waals surface area (Å²) < 4.78 is 51.3. The largest absolute Gasteiger partial charge is 0.378 e. The zero-order chi connectivity index (χ0) is 34.0. The molecule has 252 valence electrons. The predicted molar refractivity (Wildman–Crippen MR) is 167 cm³/mol. The second kappa shape index (κ2) is 16.4. The lowest BCUT2D eigenvalue weighted by molar-refractivity contribution is -0.149. The van der Waals surface area contributed by atoms with Crippen LogP contribution in [-0.2, 0) is 36.3 Å². The van der Waals surface area contributed by atoms with Gasteiger partial charge >= 0.3 is 5.92 Å². The molecule has 0 aromatic heterocycles. The van der Waals surface area contributed by atoms with Gasteiger partial charge in [0.25, 0.3) is 5.91 Å². The van der Waals surface area contributed by atoms with E-state index in [-0.39, 0.29) is 35.9 Å². The van der Waals surface area contributed by atoms with Crippen molar-refractivity contribution in [2.75, 3.05) is 31.6 Å². The molecule has 0 bridgehead atoms. The summed E-state index contributed by atoms with van der Waals surface area (Å²) in [5.74, 6) is -8.52. The predicted octanol–water partition coefficient (Wildman–Crippen LogP) is 4.18. The molecule has 3 N–H and O–H groups in total. The Kier molecular flexibility index (Phi) is 12.4. The number of rotatable bonds is 11. The second-order valence-electron chi connectivity index (χ2n) is 11.9. The Bertz CT molecular complexity index is 1480. The molecule has 13 heteroatoms. The smallest absolute Gasteiger partial charge is 0.349 e. The minimum absolute atomic E-state index is 0.00405. The summed E-state index contributed by atoms with van der Waals surface area (Å²) in [5, 5.41) is 16.5. The van der Waals surface area contributed by atoms with E-state index in [1.807, 2.05) is 0 Å². The van der Waals surface area contributed by atoms with Crippen molar-refractivity contribution >= 4 is 29.3 Å². The lowest BCUT2D eigenvalue weighted by Gasteiger charge is -2.31. The number of morpholine rings is 1. The van der Waals surface area contributed by atoms with Gasteiger partial charge in [0.2, 0.25) is 17.7 Å². The molecule has 1 heterocycles. The van der Waals surface area contributed by atoms with Gasteiger partial charge in [-0.1, -0.05) is 50.8 Å².